The Labute approximate surface area is 138 Å². The van der Waals surface area contributed by atoms with Gasteiger partial charge >= 0.3 is 0 Å². The third-order valence-electron chi connectivity index (χ3n) is 4.59. The van der Waals surface area contributed by atoms with Crippen LogP contribution in [0, 0.1) is 6.92 Å². The number of aryl methyl sites for hydroxylation is 1. The first kappa shape index (κ1) is 17.3. The first-order chi connectivity index (χ1) is 10.3. The fourth-order valence-corrected chi connectivity index (χ4v) is 3.27. The van der Waals surface area contributed by atoms with Gasteiger partial charge in [0.25, 0.3) is 5.91 Å². The Bertz CT molecular complexity index is 509. The van der Waals surface area contributed by atoms with E-state index in [9.17, 15) is 4.79 Å². The summed E-state index contributed by atoms with van der Waals surface area (Å²) in [6.07, 6.45) is 2.38. The number of morpholine rings is 1. The van der Waals surface area contributed by atoms with Gasteiger partial charge in [0.05, 0.1) is 13.2 Å². The van der Waals surface area contributed by atoms with Crippen molar-refractivity contribution in [1.29, 1.82) is 0 Å². The average Bonchev–Trinajstić information content (AvgIpc) is 2.56. The second-order valence-corrected chi connectivity index (χ2v) is 6.00. The number of rotatable bonds is 2. The molecule has 3 rings (SSSR count). The molecule has 1 amide bonds. The van der Waals surface area contributed by atoms with Crippen molar-refractivity contribution in [1.82, 2.24) is 10.2 Å². The Balaban J connectivity index is 0.00000176. The molecule has 5 heteroatoms. The molecular formula is C17H25ClN2O2. The van der Waals surface area contributed by atoms with Gasteiger partial charge in [-0.25, -0.2) is 0 Å². The molecule has 1 N–H and O–H groups in total. The lowest BCUT2D eigenvalue weighted by atomic mass is 9.88. The standard InChI is InChI=1S/C17H24N2O2.ClH/c1-13-12-15(14-4-6-18-7-5-14)2-3-16(13)17(20)19-8-10-21-11-9-19;/h2-3,12,14,18H,4-11H2,1H3;1H. The Morgan fingerprint density at radius 1 is 1.23 bits per heavy atom. The van der Waals surface area contributed by atoms with Crippen molar-refractivity contribution < 1.29 is 9.53 Å². The average molecular weight is 325 g/mol. The van der Waals surface area contributed by atoms with E-state index in [0.29, 0.717) is 32.2 Å². The molecule has 2 saturated heterocycles. The summed E-state index contributed by atoms with van der Waals surface area (Å²) < 4.78 is 5.31. The van der Waals surface area contributed by atoms with Crippen molar-refractivity contribution in [2.45, 2.75) is 25.7 Å². The quantitative estimate of drug-likeness (QED) is 0.908. The molecule has 1 aromatic carbocycles. The zero-order chi connectivity index (χ0) is 14.7. The number of hydrogen-bond acceptors (Lipinski definition) is 3. The number of hydrogen-bond donors (Lipinski definition) is 1. The van der Waals surface area contributed by atoms with Crippen LogP contribution in [-0.2, 0) is 4.74 Å². The topological polar surface area (TPSA) is 41.6 Å². The highest BCUT2D eigenvalue weighted by atomic mass is 35.5. The molecule has 0 bridgehead atoms. The molecule has 1 aromatic rings. The molecular weight excluding hydrogens is 300 g/mol. The van der Waals surface area contributed by atoms with Gasteiger partial charge < -0.3 is 15.0 Å². The van der Waals surface area contributed by atoms with Gasteiger partial charge in [0, 0.05) is 18.7 Å². The number of benzene rings is 1. The largest absolute Gasteiger partial charge is 0.378 e. The minimum absolute atomic E-state index is 0. The molecule has 0 unspecified atom stereocenters. The van der Waals surface area contributed by atoms with E-state index >= 15 is 0 Å². The second kappa shape index (κ2) is 7.95. The number of halogens is 1. The molecule has 2 aliphatic heterocycles. The van der Waals surface area contributed by atoms with Gasteiger partial charge in [0.2, 0.25) is 0 Å². The van der Waals surface area contributed by atoms with Crippen LogP contribution in [0.4, 0.5) is 0 Å². The molecule has 22 heavy (non-hydrogen) atoms. The summed E-state index contributed by atoms with van der Waals surface area (Å²) in [6, 6.07) is 6.38. The first-order valence-electron chi connectivity index (χ1n) is 7.94. The van der Waals surface area contributed by atoms with Gasteiger partial charge in [-0.05, 0) is 56.0 Å². The summed E-state index contributed by atoms with van der Waals surface area (Å²) in [6.45, 7) is 6.95. The van der Waals surface area contributed by atoms with Crippen LogP contribution in [0.3, 0.4) is 0 Å². The molecule has 0 aliphatic carbocycles. The van der Waals surface area contributed by atoms with E-state index in [-0.39, 0.29) is 18.3 Å². The summed E-state index contributed by atoms with van der Waals surface area (Å²) in [5.41, 5.74) is 3.32. The van der Waals surface area contributed by atoms with Crippen molar-refractivity contribution in [3.8, 4) is 0 Å². The van der Waals surface area contributed by atoms with E-state index in [4.69, 9.17) is 4.74 Å². The number of amides is 1. The van der Waals surface area contributed by atoms with Crippen LogP contribution in [0.15, 0.2) is 18.2 Å². The molecule has 0 spiro atoms. The molecule has 2 aliphatic rings. The van der Waals surface area contributed by atoms with Gasteiger partial charge in [0.1, 0.15) is 0 Å². The Kier molecular flexibility index (Phi) is 6.24. The van der Waals surface area contributed by atoms with Crippen molar-refractivity contribution in [2.75, 3.05) is 39.4 Å². The number of nitrogens with zero attached hydrogens (tertiary/aromatic N) is 1. The lowest BCUT2D eigenvalue weighted by molar-refractivity contribution is 0.0302. The minimum Gasteiger partial charge on any atom is -0.378 e. The third kappa shape index (κ3) is 3.80. The van der Waals surface area contributed by atoms with E-state index in [2.05, 4.69) is 24.4 Å². The molecule has 0 aromatic heterocycles. The maximum Gasteiger partial charge on any atom is 0.254 e. The Hall–Kier alpha value is -1.10. The van der Waals surface area contributed by atoms with Crippen LogP contribution >= 0.6 is 12.4 Å². The lowest BCUT2D eigenvalue weighted by Gasteiger charge is -2.28. The predicted octanol–water partition coefficient (Wildman–Crippen LogP) is 2.36. The maximum absolute atomic E-state index is 12.6. The normalized spacial score (nSPS) is 19.6. The highest BCUT2D eigenvalue weighted by Gasteiger charge is 2.21. The van der Waals surface area contributed by atoms with E-state index in [0.717, 1.165) is 24.2 Å². The number of piperidine rings is 1. The number of nitrogens with one attached hydrogen (secondary N) is 1. The molecule has 0 saturated carbocycles. The smallest absolute Gasteiger partial charge is 0.254 e. The summed E-state index contributed by atoms with van der Waals surface area (Å²) in [7, 11) is 0. The summed E-state index contributed by atoms with van der Waals surface area (Å²) >= 11 is 0. The second-order valence-electron chi connectivity index (χ2n) is 6.00. The van der Waals surface area contributed by atoms with Crippen LogP contribution in [0.25, 0.3) is 0 Å². The van der Waals surface area contributed by atoms with Crippen molar-refractivity contribution in [3.63, 3.8) is 0 Å². The van der Waals surface area contributed by atoms with Crippen LogP contribution in [0.2, 0.25) is 0 Å². The maximum atomic E-state index is 12.6. The van der Waals surface area contributed by atoms with Gasteiger partial charge in [0.15, 0.2) is 0 Å². The van der Waals surface area contributed by atoms with Crippen LogP contribution in [-0.4, -0.2) is 50.2 Å². The highest BCUT2D eigenvalue weighted by molar-refractivity contribution is 5.95. The molecule has 0 atom stereocenters. The van der Waals surface area contributed by atoms with Crippen molar-refractivity contribution in [3.05, 3.63) is 34.9 Å². The third-order valence-corrected chi connectivity index (χ3v) is 4.59. The summed E-state index contributed by atoms with van der Waals surface area (Å²) in [4.78, 5) is 14.5. The fourth-order valence-electron chi connectivity index (χ4n) is 3.27. The lowest BCUT2D eigenvalue weighted by Crippen LogP contribution is -2.41. The van der Waals surface area contributed by atoms with E-state index in [1.165, 1.54) is 18.4 Å². The fraction of sp³-hybridized carbons (Fsp3) is 0.588. The zero-order valence-electron chi connectivity index (χ0n) is 13.1. The summed E-state index contributed by atoms with van der Waals surface area (Å²) in [5.74, 6) is 0.783. The number of carbonyl (C=O) groups excluding carboxylic acids is 1. The monoisotopic (exact) mass is 324 g/mol. The van der Waals surface area contributed by atoms with Crippen LogP contribution < -0.4 is 5.32 Å². The predicted molar refractivity (Wildman–Crippen MR) is 90.0 cm³/mol. The summed E-state index contributed by atoms with van der Waals surface area (Å²) in [5, 5.41) is 3.40. The molecule has 4 nitrogen and oxygen atoms in total. The number of ether oxygens (including phenoxy) is 1. The molecule has 2 fully saturated rings. The van der Waals surface area contributed by atoms with Crippen molar-refractivity contribution >= 4 is 18.3 Å². The van der Waals surface area contributed by atoms with Gasteiger partial charge in [-0.15, -0.1) is 12.4 Å². The molecule has 122 valence electrons. The molecule has 0 radical (unpaired) electrons. The van der Waals surface area contributed by atoms with E-state index < -0.39 is 0 Å². The van der Waals surface area contributed by atoms with Crippen LogP contribution in [0.5, 0.6) is 0 Å². The SMILES string of the molecule is Cc1cc(C2CCNCC2)ccc1C(=O)N1CCOCC1.Cl. The van der Waals surface area contributed by atoms with Gasteiger partial charge in [-0.2, -0.15) is 0 Å². The minimum atomic E-state index is 0. The van der Waals surface area contributed by atoms with E-state index in [1.54, 1.807) is 0 Å². The molecule has 2 heterocycles. The first-order valence-corrected chi connectivity index (χ1v) is 7.94. The van der Waals surface area contributed by atoms with Crippen LogP contribution in [0.1, 0.15) is 40.2 Å². The highest BCUT2D eigenvalue weighted by Crippen LogP contribution is 2.27. The Morgan fingerprint density at radius 2 is 1.91 bits per heavy atom. The van der Waals surface area contributed by atoms with E-state index in [1.807, 2.05) is 11.0 Å². The number of carbonyl (C=O) groups is 1. The Morgan fingerprint density at radius 3 is 2.55 bits per heavy atom. The van der Waals surface area contributed by atoms with Gasteiger partial charge in [-0.1, -0.05) is 12.1 Å². The van der Waals surface area contributed by atoms with Crippen molar-refractivity contribution in [2.24, 2.45) is 0 Å². The van der Waals surface area contributed by atoms with Gasteiger partial charge in [-0.3, -0.25) is 4.79 Å². The zero-order valence-corrected chi connectivity index (χ0v) is 14.0.